The number of carbonyl (C=O) groups excluding carboxylic acids is 1. The molecule has 0 radical (unpaired) electrons. The monoisotopic (exact) mass is 198 g/mol. The Morgan fingerprint density at radius 2 is 2.14 bits per heavy atom. The van der Waals surface area contributed by atoms with Gasteiger partial charge in [-0.2, -0.15) is 0 Å². The van der Waals surface area contributed by atoms with Gasteiger partial charge in [-0.25, -0.2) is 9.13 Å². The smallest absolute Gasteiger partial charge is 0.243 e. The highest BCUT2D eigenvalue weighted by atomic mass is 16.3. The van der Waals surface area contributed by atoms with Gasteiger partial charge in [-0.1, -0.05) is 13.3 Å². The zero-order valence-electron chi connectivity index (χ0n) is 8.85. The van der Waals surface area contributed by atoms with E-state index in [-0.39, 0.29) is 0 Å². The standard InChI is InChI=1S/C9H17N2.CH2O2/c1-3-5-6-11-8-7-10(4-2)9-11;2-1-3/h7-9H,3-6H2,1-2H3;1H,(H,2,3)/q+1;/p-1. The van der Waals surface area contributed by atoms with Gasteiger partial charge in [-0.3, -0.25) is 0 Å². The molecule has 1 aromatic rings. The van der Waals surface area contributed by atoms with Crippen LogP contribution in [-0.2, 0) is 17.9 Å². The number of unbranched alkanes of at least 4 members (excludes halogenated alkanes) is 1. The number of nitrogens with zero attached hydrogens (tertiary/aromatic N) is 2. The molecule has 0 saturated carbocycles. The Morgan fingerprint density at radius 3 is 2.57 bits per heavy atom. The molecular formula is C10H18N2O2. The maximum absolute atomic E-state index is 8.25. The quantitative estimate of drug-likeness (QED) is 0.503. The van der Waals surface area contributed by atoms with E-state index in [2.05, 4.69) is 41.7 Å². The van der Waals surface area contributed by atoms with Crippen molar-refractivity contribution in [3.8, 4) is 0 Å². The third-order valence-electron chi connectivity index (χ3n) is 1.88. The molecule has 0 saturated heterocycles. The van der Waals surface area contributed by atoms with Gasteiger partial charge in [0.05, 0.1) is 13.1 Å². The second-order valence-corrected chi connectivity index (χ2v) is 2.93. The Bertz CT molecular complexity index is 246. The Hall–Kier alpha value is -1.32. The average Bonchev–Trinajstić information content (AvgIpc) is 2.63. The number of imidazole rings is 1. The molecule has 0 amide bonds. The second-order valence-electron chi connectivity index (χ2n) is 2.93. The molecule has 0 aliphatic rings. The van der Waals surface area contributed by atoms with Crippen LogP contribution in [0.4, 0.5) is 0 Å². The number of aromatic nitrogens is 2. The van der Waals surface area contributed by atoms with E-state index in [0.717, 1.165) is 13.1 Å². The summed E-state index contributed by atoms with van der Waals surface area (Å²) in [6, 6.07) is 0. The van der Waals surface area contributed by atoms with Crippen LogP contribution in [0.5, 0.6) is 0 Å². The molecule has 0 aromatic carbocycles. The number of carbonyl (C=O) groups is 1. The number of rotatable bonds is 4. The number of hydrogen-bond acceptors (Lipinski definition) is 2. The van der Waals surface area contributed by atoms with Crippen LogP contribution >= 0.6 is 0 Å². The lowest BCUT2D eigenvalue weighted by molar-refractivity contribution is -0.696. The van der Waals surface area contributed by atoms with Crippen LogP contribution < -0.4 is 9.67 Å². The van der Waals surface area contributed by atoms with Gasteiger partial charge in [0.1, 0.15) is 12.4 Å². The lowest BCUT2D eigenvalue weighted by Gasteiger charge is -1.91. The summed E-state index contributed by atoms with van der Waals surface area (Å²) in [6.45, 7) is 6.10. The minimum Gasteiger partial charge on any atom is -0.554 e. The first kappa shape index (κ1) is 12.7. The fourth-order valence-corrected chi connectivity index (χ4v) is 1.10. The van der Waals surface area contributed by atoms with E-state index in [9.17, 15) is 0 Å². The molecule has 0 aliphatic heterocycles. The summed E-state index contributed by atoms with van der Waals surface area (Å²) in [6.07, 6.45) is 8.97. The van der Waals surface area contributed by atoms with Crippen molar-refractivity contribution in [2.45, 2.75) is 39.8 Å². The van der Waals surface area contributed by atoms with Crippen molar-refractivity contribution in [3.05, 3.63) is 18.7 Å². The van der Waals surface area contributed by atoms with E-state index in [0.29, 0.717) is 0 Å². The van der Waals surface area contributed by atoms with Crippen molar-refractivity contribution < 1.29 is 14.5 Å². The molecule has 1 heterocycles. The predicted molar refractivity (Wildman–Crippen MR) is 51.3 cm³/mol. The van der Waals surface area contributed by atoms with Crippen molar-refractivity contribution in [2.75, 3.05) is 0 Å². The van der Waals surface area contributed by atoms with Gasteiger partial charge in [-0.15, -0.1) is 0 Å². The van der Waals surface area contributed by atoms with Crippen LogP contribution in [0.3, 0.4) is 0 Å². The van der Waals surface area contributed by atoms with Gasteiger partial charge in [0.2, 0.25) is 6.33 Å². The predicted octanol–water partition coefficient (Wildman–Crippen LogP) is -0.0383. The van der Waals surface area contributed by atoms with Crippen LogP contribution in [0.1, 0.15) is 26.7 Å². The fraction of sp³-hybridized carbons (Fsp3) is 0.600. The van der Waals surface area contributed by atoms with E-state index in [1.807, 2.05) is 0 Å². The summed E-state index contributed by atoms with van der Waals surface area (Å²) >= 11 is 0. The Labute approximate surface area is 84.8 Å². The first-order valence-electron chi connectivity index (χ1n) is 4.88. The molecule has 0 unspecified atom stereocenters. The molecule has 80 valence electrons. The lowest BCUT2D eigenvalue weighted by atomic mass is 10.3. The third kappa shape index (κ3) is 5.35. The SMILES string of the molecule is CCCC[n+]1ccn(CC)c1.O=C[O-]. The molecule has 0 fully saturated rings. The minimum atomic E-state index is -0.500. The maximum atomic E-state index is 8.25. The molecular weight excluding hydrogens is 180 g/mol. The van der Waals surface area contributed by atoms with Crippen LogP contribution in [0.25, 0.3) is 0 Å². The van der Waals surface area contributed by atoms with E-state index in [1.165, 1.54) is 12.8 Å². The number of aryl methyl sites for hydroxylation is 2. The summed E-state index contributed by atoms with van der Waals surface area (Å²) in [5, 5.41) is 8.25. The molecule has 4 nitrogen and oxygen atoms in total. The van der Waals surface area contributed by atoms with Crippen LogP contribution in [0.15, 0.2) is 18.7 Å². The van der Waals surface area contributed by atoms with Crippen molar-refractivity contribution in [1.82, 2.24) is 4.57 Å². The van der Waals surface area contributed by atoms with Gasteiger partial charge in [-0.05, 0) is 13.3 Å². The molecule has 1 aromatic heterocycles. The van der Waals surface area contributed by atoms with E-state index in [4.69, 9.17) is 9.90 Å². The highest BCUT2D eigenvalue weighted by Crippen LogP contribution is 1.87. The molecule has 0 bridgehead atoms. The van der Waals surface area contributed by atoms with Crippen molar-refractivity contribution in [2.24, 2.45) is 0 Å². The van der Waals surface area contributed by atoms with Gasteiger partial charge < -0.3 is 9.90 Å². The van der Waals surface area contributed by atoms with Gasteiger partial charge in [0.15, 0.2) is 0 Å². The van der Waals surface area contributed by atoms with Crippen molar-refractivity contribution in [3.63, 3.8) is 0 Å². The second kappa shape index (κ2) is 8.29. The minimum absolute atomic E-state index is 0.500. The fourth-order valence-electron chi connectivity index (χ4n) is 1.10. The Kier molecular flexibility index (Phi) is 7.50. The molecule has 0 atom stereocenters. The number of carboxylic acid groups (broad SMARTS) is 1. The topological polar surface area (TPSA) is 48.9 Å². The number of hydrogen-bond donors (Lipinski definition) is 0. The normalized spacial score (nSPS) is 9.00. The Balaban J connectivity index is 0.000000500. The molecule has 14 heavy (non-hydrogen) atoms. The van der Waals surface area contributed by atoms with E-state index in [1.54, 1.807) is 0 Å². The Morgan fingerprint density at radius 1 is 1.50 bits per heavy atom. The van der Waals surface area contributed by atoms with Crippen LogP contribution in [0.2, 0.25) is 0 Å². The zero-order valence-corrected chi connectivity index (χ0v) is 8.85. The molecule has 4 heteroatoms. The van der Waals surface area contributed by atoms with Crippen molar-refractivity contribution >= 4 is 6.47 Å². The van der Waals surface area contributed by atoms with Gasteiger partial charge in [0, 0.05) is 6.47 Å². The molecule has 0 N–H and O–H groups in total. The zero-order chi connectivity index (χ0) is 10.8. The maximum Gasteiger partial charge on any atom is 0.243 e. The highest BCUT2D eigenvalue weighted by Gasteiger charge is 1.98. The summed E-state index contributed by atoms with van der Waals surface area (Å²) in [5.74, 6) is 0. The molecule has 0 aliphatic carbocycles. The van der Waals surface area contributed by atoms with Crippen molar-refractivity contribution in [1.29, 1.82) is 0 Å². The van der Waals surface area contributed by atoms with Gasteiger partial charge in [0.25, 0.3) is 0 Å². The average molecular weight is 198 g/mol. The summed E-state index contributed by atoms with van der Waals surface area (Å²) in [4.78, 5) is 8.25. The summed E-state index contributed by atoms with van der Waals surface area (Å²) in [5.41, 5.74) is 0. The third-order valence-corrected chi connectivity index (χ3v) is 1.88. The summed E-state index contributed by atoms with van der Waals surface area (Å²) in [7, 11) is 0. The lowest BCUT2D eigenvalue weighted by Crippen LogP contribution is -2.30. The van der Waals surface area contributed by atoms with Crippen LogP contribution in [-0.4, -0.2) is 11.0 Å². The van der Waals surface area contributed by atoms with E-state index < -0.39 is 6.47 Å². The molecule has 0 spiro atoms. The highest BCUT2D eigenvalue weighted by molar-refractivity contribution is 5.29. The van der Waals surface area contributed by atoms with Gasteiger partial charge >= 0.3 is 0 Å². The summed E-state index contributed by atoms with van der Waals surface area (Å²) < 4.78 is 4.43. The largest absolute Gasteiger partial charge is 0.554 e. The molecule has 1 rings (SSSR count). The first-order valence-corrected chi connectivity index (χ1v) is 4.88. The first-order chi connectivity index (χ1) is 6.78. The van der Waals surface area contributed by atoms with E-state index >= 15 is 0 Å². The van der Waals surface area contributed by atoms with Crippen LogP contribution in [0, 0.1) is 0 Å².